The molecule has 0 N–H and O–H groups in total. The number of amides is 1. The highest BCUT2D eigenvalue weighted by molar-refractivity contribution is 6.10. The fourth-order valence-corrected chi connectivity index (χ4v) is 5.93. The largest absolute Gasteiger partial charge is 0.416 e. The summed E-state index contributed by atoms with van der Waals surface area (Å²) in [5.41, 5.74) is -0.264. The van der Waals surface area contributed by atoms with Crippen molar-refractivity contribution in [1.82, 2.24) is 19.7 Å². The van der Waals surface area contributed by atoms with Gasteiger partial charge in [-0.25, -0.2) is 4.39 Å². The van der Waals surface area contributed by atoms with Crippen molar-refractivity contribution < 1.29 is 27.1 Å². The summed E-state index contributed by atoms with van der Waals surface area (Å²) >= 11 is 0. The zero-order valence-corrected chi connectivity index (χ0v) is 21.5. The Hall–Kier alpha value is -3.31. The van der Waals surface area contributed by atoms with Gasteiger partial charge in [-0.05, 0) is 66.9 Å². The third kappa shape index (κ3) is 4.51. The van der Waals surface area contributed by atoms with Crippen LogP contribution in [0.4, 0.5) is 23.2 Å². The number of fused-ring (bicyclic) bond motifs is 1. The molecule has 7 nitrogen and oxygen atoms in total. The smallest absolute Gasteiger partial charge is 0.379 e. The quantitative estimate of drug-likeness (QED) is 0.412. The van der Waals surface area contributed by atoms with Crippen molar-refractivity contribution in [2.24, 2.45) is 7.05 Å². The van der Waals surface area contributed by atoms with Crippen LogP contribution in [0.2, 0.25) is 0 Å². The Balaban J connectivity index is 1.33. The molecular formula is C28H29F4N5O2. The number of carbonyl (C=O) groups excluding carboxylic acids is 1. The van der Waals surface area contributed by atoms with Crippen molar-refractivity contribution in [3.05, 3.63) is 76.4 Å². The highest BCUT2D eigenvalue weighted by atomic mass is 19.4. The van der Waals surface area contributed by atoms with E-state index in [2.05, 4.69) is 15.1 Å². The topological polar surface area (TPSA) is 63.5 Å². The monoisotopic (exact) mass is 543 g/mol. The Kier molecular flexibility index (Phi) is 6.46. The van der Waals surface area contributed by atoms with Gasteiger partial charge in [0.1, 0.15) is 6.33 Å². The summed E-state index contributed by atoms with van der Waals surface area (Å²) in [4.78, 5) is 17.0. The number of halogens is 4. The Morgan fingerprint density at radius 1 is 1.10 bits per heavy atom. The Morgan fingerprint density at radius 2 is 1.87 bits per heavy atom. The molecule has 0 saturated carbocycles. The summed E-state index contributed by atoms with van der Waals surface area (Å²) in [5, 5.41) is 7.70. The van der Waals surface area contributed by atoms with Crippen LogP contribution in [0.1, 0.15) is 63.9 Å². The molecule has 6 rings (SSSR count). The lowest BCUT2D eigenvalue weighted by atomic mass is 9.74. The van der Waals surface area contributed by atoms with Crippen molar-refractivity contribution in [3.63, 3.8) is 0 Å². The minimum absolute atomic E-state index is 0.0237. The molecule has 1 aromatic heterocycles. The molecule has 39 heavy (non-hydrogen) atoms. The number of nitrogens with zero attached hydrogens (tertiary/aromatic N) is 5. The summed E-state index contributed by atoms with van der Waals surface area (Å²) in [6.07, 6.45) is -1.54. The van der Waals surface area contributed by atoms with Crippen LogP contribution in [0.3, 0.4) is 0 Å². The first-order valence-electron chi connectivity index (χ1n) is 13.1. The Morgan fingerprint density at radius 3 is 2.51 bits per heavy atom. The number of likely N-dealkylation sites (tertiary alicyclic amines) is 1. The molecule has 1 unspecified atom stereocenters. The predicted octanol–water partition coefficient (Wildman–Crippen LogP) is 4.96. The lowest BCUT2D eigenvalue weighted by Gasteiger charge is -2.43. The molecule has 2 fully saturated rings. The Bertz CT molecular complexity index is 1390. The number of rotatable bonds is 6. The number of alkyl halides is 4. The molecule has 1 amide bonds. The molecule has 1 atom stereocenters. The zero-order chi connectivity index (χ0) is 27.4. The van der Waals surface area contributed by atoms with Crippen LogP contribution in [0.25, 0.3) is 0 Å². The molecule has 0 bridgehead atoms. The molecular weight excluding hydrogens is 514 g/mol. The second-order valence-corrected chi connectivity index (χ2v) is 10.8. The van der Waals surface area contributed by atoms with E-state index in [0.29, 0.717) is 23.4 Å². The highest BCUT2D eigenvalue weighted by Crippen LogP contribution is 2.46. The highest BCUT2D eigenvalue weighted by Gasteiger charge is 2.51. The van der Waals surface area contributed by atoms with Gasteiger partial charge in [0.2, 0.25) is 0 Å². The van der Waals surface area contributed by atoms with E-state index in [0.717, 1.165) is 32.4 Å². The van der Waals surface area contributed by atoms with Gasteiger partial charge in [0.25, 0.3) is 5.91 Å². The summed E-state index contributed by atoms with van der Waals surface area (Å²) in [7, 11) is 1.66. The number of hydrogen-bond donors (Lipinski definition) is 0. The van der Waals surface area contributed by atoms with E-state index in [4.69, 9.17) is 4.74 Å². The van der Waals surface area contributed by atoms with Crippen molar-refractivity contribution >= 4 is 11.6 Å². The number of ether oxygens (including phenoxy) is 1. The number of hydrogen-bond acceptors (Lipinski definition) is 5. The van der Waals surface area contributed by atoms with Gasteiger partial charge in [-0.2, -0.15) is 13.2 Å². The third-order valence-corrected chi connectivity index (χ3v) is 8.17. The average Bonchev–Trinajstić information content (AvgIpc) is 3.46. The SMILES string of the molecule is Cn1cnnc1C(F)C1(c2cccc(N3Cc4c(cc(CN5CCCCC5)cc4C(F)(F)F)C3=O)c2)COC1. The van der Waals surface area contributed by atoms with E-state index < -0.39 is 29.2 Å². The predicted molar refractivity (Wildman–Crippen MR) is 135 cm³/mol. The first-order chi connectivity index (χ1) is 18.7. The number of aryl methyl sites for hydroxylation is 1. The van der Waals surface area contributed by atoms with Crippen LogP contribution in [-0.2, 0) is 36.5 Å². The first-order valence-corrected chi connectivity index (χ1v) is 13.1. The minimum atomic E-state index is -4.59. The van der Waals surface area contributed by atoms with Crippen molar-refractivity contribution in [1.29, 1.82) is 0 Å². The average molecular weight is 544 g/mol. The molecule has 11 heteroatoms. The van der Waals surface area contributed by atoms with Gasteiger partial charge in [0.15, 0.2) is 12.0 Å². The van der Waals surface area contributed by atoms with Crippen molar-refractivity contribution in [3.8, 4) is 0 Å². The van der Waals surface area contributed by atoms with Crippen LogP contribution >= 0.6 is 0 Å². The molecule has 3 aliphatic rings. The maximum atomic E-state index is 15.8. The number of benzene rings is 2. The van der Waals surface area contributed by atoms with Gasteiger partial charge in [-0.15, -0.1) is 10.2 Å². The summed E-state index contributed by atoms with van der Waals surface area (Å²) < 4.78 is 65.3. The summed E-state index contributed by atoms with van der Waals surface area (Å²) in [6, 6.07) is 9.58. The lowest BCUT2D eigenvalue weighted by molar-refractivity contribution is -0.138. The van der Waals surface area contributed by atoms with Crippen molar-refractivity contribution in [2.75, 3.05) is 31.2 Å². The van der Waals surface area contributed by atoms with Crippen LogP contribution in [0, 0.1) is 0 Å². The minimum Gasteiger partial charge on any atom is -0.379 e. The molecule has 4 heterocycles. The molecule has 206 valence electrons. The van der Waals surface area contributed by atoms with E-state index in [-0.39, 0.29) is 36.7 Å². The second-order valence-electron chi connectivity index (χ2n) is 10.8. The maximum absolute atomic E-state index is 15.8. The van der Waals surface area contributed by atoms with E-state index >= 15 is 4.39 Å². The molecule has 0 radical (unpaired) electrons. The van der Waals surface area contributed by atoms with E-state index in [1.807, 2.05) is 0 Å². The van der Waals surface area contributed by atoms with Crippen LogP contribution in [-0.4, -0.2) is 51.9 Å². The molecule has 0 aliphatic carbocycles. The first kappa shape index (κ1) is 25.9. The zero-order valence-electron chi connectivity index (χ0n) is 21.5. The number of piperidine rings is 1. The fraction of sp³-hybridized carbons (Fsp3) is 0.464. The number of carbonyl (C=O) groups is 1. The molecule has 3 aliphatic heterocycles. The lowest BCUT2D eigenvalue weighted by Crippen LogP contribution is -2.50. The summed E-state index contributed by atoms with van der Waals surface area (Å²) in [6.45, 7) is 2.05. The van der Waals surface area contributed by atoms with Crippen molar-refractivity contribution in [2.45, 2.75) is 50.1 Å². The molecule has 2 aromatic carbocycles. The third-order valence-electron chi connectivity index (χ3n) is 8.17. The van der Waals surface area contributed by atoms with Crippen LogP contribution in [0.5, 0.6) is 0 Å². The number of aromatic nitrogens is 3. The van der Waals surface area contributed by atoms with Gasteiger partial charge in [0, 0.05) is 24.8 Å². The van der Waals surface area contributed by atoms with Gasteiger partial charge in [0.05, 0.1) is 30.7 Å². The van der Waals surface area contributed by atoms with Gasteiger partial charge >= 0.3 is 6.18 Å². The van der Waals surface area contributed by atoms with Crippen LogP contribution < -0.4 is 4.90 Å². The van der Waals surface area contributed by atoms with Gasteiger partial charge in [-0.1, -0.05) is 18.6 Å². The normalized spacial score (nSPS) is 20.1. The van der Waals surface area contributed by atoms with E-state index in [1.165, 1.54) is 21.9 Å². The molecule has 3 aromatic rings. The second kappa shape index (κ2) is 9.71. The van der Waals surface area contributed by atoms with Gasteiger partial charge < -0.3 is 14.2 Å². The van der Waals surface area contributed by atoms with Gasteiger partial charge in [-0.3, -0.25) is 9.69 Å². The number of anilines is 1. The summed E-state index contributed by atoms with van der Waals surface area (Å²) in [5.74, 6) is -0.332. The Labute approximate surface area is 223 Å². The fourth-order valence-electron chi connectivity index (χ4n) is 5.93. The molecule has 2 saturated heterocycles. The maximum Gasteiger partial charge on any atom is 0.416 e. The van der Waals surface area contributed by atoms with E-state index in [9.17, 15) is 18.0 Å². The molecule has 0 spiro atoms. The van der Waals surface area contributed by atoms with E-state index in [1.54, 1.807) is 37.4 Å². The van der Waals surface area contributed by atoms with Crippen LogP contribution in [0.15, 0.2) is 42.7 Å². The standard InChI is InChI=1S/C28H29F4N5O2/c1-35-17-33-34-25(35)24(29)27(15-39-16-27)19-6-5-7-20(12-19)37-14-22-21(26(37)38)10-18(11-23(22)28(30,31)32)13-36-8-3-2-4-9-36/h5-7,10-12,17,24H,2-4,8-9,13-16H2,1H3.